The van der Waals surface area contributed by atoms with E-state index in [-0.39, 0.29) is 6.04 Å². The molecule has 0 aliphatic carbocycles. The molecule has 23 heavy (non-hydrogen) atoms. The van der Waals surface area contributed by atoms with Gasteiger partial charge in [0, 0.05) is 19.7 Å². The van der Waals surface area contributed by atoms with Crippen molar-refractivity contribution in [1.29, 1.82) is 0 Å². The third-order valence-electron chi connectivity index (χ3n) is 3.65. The summed E-state index contributed by atoms with van der Waals surface area (Å²) in [4.78, 5) is 8.44. The van der Waals surface area contributed by atoms with Crippen LogP contribution in [0.25, 0.3) is 0 Å². The van der Waals surface area contributed by atoms with E-state index in [1.54, 1.807) is 18.8 Å². The van der Waals surface area contributed by atoms with Crippen molar-refractivity contribution in [3.63, 3.8) is 0 Å². The zero-order valence-corrected chi connectivity index (χ0v) is 14.3. The lowest BCUT2D eigenvalue weighted by atomic mass is 10.0. The highest BCUT2D eigenvalue weighted by molar-refractivity contribution is 5.80. The fourth-order valence-electron chi connectivity index (χ4n) is 2.31. The predicted octanol–water partition coefficient (Wildman–Crippen LogP) is 1.56. The van der Waals surface area contributed by atoms with Crippen LogP contribution >= 0.6 is 0 Å². The molecule has 1 aromatic carbocycles. The minimum absolute atomic E-state index is 0.0514. The van der Waals surface area contributed by atoms with Gasteiger partial charge in [0.05, 0.1) is 19.7 Å². The Morgan fingerprint density at radius 3 is 2.83 bits per heavy atom. The summed E-state index contributed by atoms with van der Waals surface area (Å²) >= 11 is 0. The van der Waals surface area contributed by atoms with Gasteiger partial charge in [0.2, 0.25) is 0 Å². The quantitative estimate of drug-likeness (QED) is 0.647. The molecule has 1 aromatic heterocycles. The van der Waals surface area contributed by atoms with Gasteiger partial charge in [-0.25, -0.2) is 4.98 Å². The van der Waals surface area contributed by atoms with Crippen LogP contribution in [0.15, 0.2) is 29.5 Å². The number of benzene rings is 1. The summed E-state index contributed by atoms with van der Waals surface area (Å²) in [5, 5.41) is 10.7. The molecule has 7 nitrogen and oxygen atoms in total. The number of ether oxygens (including phenoxy) is 1. The average molecular weight is 316 g/mol. The number of nitrogens with one attached hydrogen (secondary N) is 2. The van der Waals surface area contributed by atoms with Crippen LogP contribution < -0.4 is 15.4 Å². The predicted molar refractivity (Wildman–Crippen MR) is 90.5 cm³/mol. The van der Waals surface area contributed by atoms with Crippen LogP contribution in [0.3, 0.4) is 0 Å². The van der Waals surface area contributed by atoms with Crippen LogP contribution in [-0.2, 0) is 13.6 Å². The standard InChI is InChI=1S/C16H24N6O/c1-11-6-7-14(23-5)13(8-11)12(2)21-16(17-3)18-9-15-19-10-20-22(15)4/h6-8,10,12H,9H2,1-5H3,(H2,17,18,21). The Morgan fingerprint density at radius 1 is 1.43 bits per heavy atom. The SMILES string of the molecule is CN=C(NCc1ncnn1C)NC(C)c1cc(C)ccc1OC. The molecule has 1 atom stereocenters. The highest BCUT2D eigenvalue weighted by Gasteiger charge is 2.13. The van der Waals surface area contributed by atoms with E-state index in [2.05, 4.69) is 45.6 Å². The van der Waals surface area contributed by atoms with Crippen LogP contribution in [0.4, 0.5) is 0 Å². The Hall–Kier alpha value is -2.57. The Labute approximate surface area is 136 Å². The first-order valence-electron chi connectivity index (χ1n) is 7.49. The van der Waals surface area contributed by atoms with Gasteiger partial charge in [-0.1, -0.05) is 17.7 Å². The lowest BCUT2D eigenvalue weighted by Gasteiger charge is -2.20. The molecule has 2 rings (SSSR count). The molecule has 0 radical (unpaired) electrons. The second-order valence-electron chi connectivity index (χ2n) is 5.34. The maximum Gasteiger partial charge on any atom is 0.191 e. The highest BCUT2D eigenvalue weighted by atomic mass is 16.5. The van der Waals surface area contributed by atoms with Crippen molar-refractivity contribution in [3.05, 3.63) is 41.5 Å². The van der Waals surface area contributed by atoms with Gasteiger partial charge in [0.25, 0.3) is 0 Å². The van der Waals surface area contributed by atoms with Gasteiger partial charge in [-0.3, -0.25) is 9.67 Å². The van der Waals surface area contributed by atoms with Gasteiger partial charge in [-0.15, -0.1) is 0 Å². The Morgan fingerprint density at radius 2 is 2.22 bits per heavy atom. The van der Waals surface area contributed by atoms with E-state index in [9.17, 15) is 0 Å². The normalized spacial score (nSPS) is 12.8. The Balaban J connectivity index is 2.04. The summed E-state index contributed by atoms with van der Waals surface area (Å²) in [5.74, 6) is 2.40. The van der Waals surface area contributed by atoms with Crippen molar-refractivity contribution in [2.24, 2.45) is 12.0 Å². The molecule has 2 aromatic rings. The summed E-state index contributed by atoms with van der Waals surface area (Å²) in [6.45, 7) is 4.69. The van der Waals surface area contributed by atoms with Gasteiger partial charge >= 0.3 is 0 Å². The largest absolute Gasteiger partial charge is 0.496 e. The third-order valence-corrected chi connectivity index (χ3v) is 3.65. The molecule has 0 spiro atoms. The van der Waals surface area contributed by atoms with Gasteiger partial charge in [-0.2, -0.15) is 5.10 Å². The van der Waals surface area contributed by atoms with E-state index in [0.29, 0.717) is 12.5 Å². The number of rotatable bonds is 5. The van der Waals surface area contributed by atoms with Crippen LogP contribution in [0, 0.1) is 6.92 Å². The number of methoxy groups -OCH3 is 1. The first-order chi connectivity index (χ1) is 11.0. The molecule has 1 unspecified atom stereocenters. The van der Waals surface area contributed by atoms with Crippen LogP contribution in [0.5, 0.6) is 5.75 Å². The fourth-order valence-corrected chi connectivity index (χ4v) is 2.31. The van der Waals surface area contributed by atoms with E-state index in [1.165, 1.54) is 11.9 Å². The lowest BCUT2D eigenvalue weighted by molar-refractivity contribution is 0.405. The maximum absolute atomic E-state index is 5.45. The maximum atomic E-state index is 5.45. The molecule has 0 fully saturated rings. The smallest absolute Gasteiger partial charge is 0.191 e. The van der Waals surface area contributed by atoms with E-state index >= 15 is 0 Å². The van der Waals surface area contributed by atoms with Crippen molar-refractivity contribution >= 4 is 5.96 Å². The number of aromatic nitrogens is 3. The minimum Gasteiger partial charge on any atom is -0.496 e. The van der Waals surface area contributed by atoms with Gasteiger partial charge in [0.15, 0.2) is 5.96 Å². The Kier molecular flexibility index (Phi) is 5.56. The van der Waals surface area contributed by atoms with E-state index < -0.39 is 0 Å². The molecular formula is C16H24N6O. The minimum atomic E-state index is 0.0514. The summed E-state index contributed by atoms with van der Waals surface area (Å²) < 4.78 is 7.18. The first kappa shape index (κ1) is 16.8. The van der Waals surface area contributed by atoms with E-state index in [1.807, 2.05) is 19.2 Å². The molecule has 7 heteroatoms. The lowest BCUT2D eigenvalue weighted by Crippen LogP contribution is -2.38. The van der Waals surface area contributed by atoms with Crippen LogP contribution in [-0.4, -0.2) is 34.9 Å². The van der Waals surface area contributed by atoms with Crippen molar-refractivity contribution < 1.29 is 4.74 Å². The first-order valence-corrected chi connectivity index (χ1v) is 7.49. The zero-order valence-electron chi connectivity index (χ0n) is 14.3. The summed E-state index contributed by atoms with van der Waals surface area (Å²) in [6.07, 6.45) is 1.54. The van der Waals surface area contributed by atoms with Crippen molar-refractivity contribution in [3.8, 4) is 5.75 Å². The molecule has 0 saturated carbocycles. The summed E-state index contributed by atoms with van der Waals surface area (Å²) in [6, 6.07) is 6.19. The van der Waals surface area contributed by atoms with Crippen molar-refractivity contribution in [2.45, 2.75) is 26.4 Å². The monoisotopic (exact) mass is 316 g/mol. The summed E-state index contributed by atoms with van der Waals surface area (Å²) in [5.41, 5.74) is 2.28. The molecule has 0 bridgehead atoms. The number of aryl methyl sites for hydroxylation is 2. The highest BCUT2D eigenvalue weighted by Crippen LogP contribution is 2.25. The van der Waals surface area contributed by atoms with E-state index in [0.717, 1.165) is 17.1 Å². The van der Waals surface area contributed by atoms with Crippen LogP contribution in [0.2, 0.25) is 0 Å². The Bertz CT molecular complexity index is 679. The molecule has 0 aliphatic heterocycles. The molecule has 0 aliphatic rings. The summed E-state index contributed by atoms with van der Waals surface area (Å²) in [7, 11) is 5.29. The molecule has 1 heterocycles. The molecule has 124 valence electrons. The van der Waals surface area contributed by atoms with Gasteiger partial charge in [0.1, 0.15) is 17.9 Å². The fraction of sp³-hybridized carbons (Fsp3) is 0.438. The average Bonchev–Trinajstić information content (AvgIpc) is 2.96. The number of guanidine groups is 1. The third kappa shape index (κ3) is 4.21. The van der Waals surface area contributed by atoms with Gasteiger partial charge < -0.3 is 15.4 Å². The van der Waals surface area contributed by atoms with Crippen molar-refractivity contribution in [1.82, 2.24) is 25.4 Å². The van der Waals surface area contributed by atoms with E-state index in [4.69, 9.17) is 4.74 Å². The van der Waals surface area contributed by atoms with Gasteiger partial charge in [-0.05, 0) is 19.9 Å². The number of nitrogens with zero attached hydrogens (tertiary/aromatic N) is 4. The second kappa shape index (κ2) is 7.62. The van der Waals surface area contributed by atoms with Crippen LogP contribution in [0.1, 0.15) is 29.9 Å². The second-order valence-corrected chi connectivity index (χ2v) is 5.34. The zero-order chi connectivity index (χ0) is 16.8. The number of hydrogen-bond donors (Lipinski definition) is 2. The van der Waals surface area contributed by atoms with Crippen molar-refractivity contribution in [2.75, 3.05) is 14.2 Å². The number of aliphatic imine (C=N–C) groups is 1. The molecule has 2 N–H and O–H groups in total. The molecule has 0 amide bonds. The molecule has 0 saturated heterocycles. The topological polar surface area (TPSA) is 76.4 Å². The number of hydrogen-bond acceptors (Lipinski definition) is 4. The molecular weight excluding hydrogens is 292 g/mol.